The number of carboxylic acid groups (broad SMARTS) is 1. The second-order valence-corrected chi connectivity index (χ2v) is 3.46. The van der Waals surface area contributed by atoms with Crippen LogP contribution in [0.1, 0.15) is 11.6 Å². The van der Waals surface area contributed by atoms with E-state index in [1.54, 1.807) is 0 Å². The number of carboxylic acids is 1. The minimum Gasteiger partial charge on any atom is -0.480 e. The third-order valence-corrected chi connectivity index (χ3v) is 2.12. The highest BCUT2D eigenvalue weighted by Gasteiger charge is 2.32. The van der Waals surface area contributed by atoms with Gasteiger partial charge in [-0.1, -0.05) is 17.7 Å². The normalized spacial score (nSPS) is 13.2. The molecule has 0 bridgehead atoms. The van der Waals surface area contributed by atoms with Gasteiger partial charge in [0.1, 0.15) is 11.8 Å². The van der Waals surface area contributed by atoms with Crippen LogP contribution in [0.3, 0.4) is 0 Å². The summed E-state index contributed by atoms with van der Waals surface area (Å²) in [5.41, 5.74) is 5.20. The van der Waals surface area contributed by atoms with E-state index in [2.05, 4.69) is 4.74 Å². The predicted molar refractivity (Wildman–Crippen MR) is 52.7 cm³/mol. The molecule has 0 aliphatic carbocycles. The molecule has 4 nitrogen and oxygen atoms in total. The first kappa shape index (κ1) is 13.6. The number of aliphatic carboxylic acids is 1. The van der Waals surface area contributed by atoms with E-state index in [0.717, 1.165) is 12.1 Å². The van der Waals surface area contributed by atoms with Crippen LogP contribution in [0, 0.1) is 0 Å². The minimum absolute atomic E-state index is 0.0406. The highest BCUT2D eigenvalue weighted by Crippen LogP contribution is 2.32. The van der Waals surface area contributed by atoms with Gasteiger partial charge in [-0.15, -0.1) is 13.2 Å². The number of carbonyl (C=O) groups is 1. The van der Waals surface area contributed by atoms with Gasteiger partial charge >= 0.3 is 12.3 Å². The van der Waals surface area contributed by atoms with Gasteiger partial charge in [0.2, 0.25) is 0 Å². The zero-order chi connectivity index (χ0) is 13.2. The number of hydrogen-bond donors (Lipinski definition) is 2. The SMILES string of the molecule is N[C@H](C(=O)O)c1ccc(Cl)c(OC(F)(F)F)c1. The Balaban J connectivity index is 3.06. The van der Waals surface area contributed by atoms with E-state index in [1.165, 1.54) is 6.07 Å². The quantitative estimate of drug-likeness (QED) is 0.883. The Morgan fingerprint density at radius 3 is 2.53 bits per heavy atom. The van der Waals surface area contributed by atoms with Gasteiger partial charge < -0.3 is 15.6 Å². The van der Waals surface area contributed by atoms with Crippen molar-refractivity contribution in [2.45, 2.75) is 12.4 Å². The Morgan fingerprint density at radius 1 is 1.47 bits per heavy atom. The third-order valence-electron chi connectivity index (χ3n) is 1.81. The molecule has 1 rings (SSSR count). The molecule has 8 heteroatoms. The monoisotopic (exact) mass is 269 g/mol. The fourth-order valence-corrected chi connectivity index (χ4v) is 1.21. The molecule has 0 amide bonds. The fourth-order valence-electron chi connectivity index (χ4n) is 1.06. The first-order valence-corrected chi connectivity index (χ1v) is 4.62. The van der Waals surface area contributed by atoms with Crippen molar-refractivity contribution < 1.29 is 27.8 Å². The summed E-state index contributed by atoms with van der Waals surface area (Å²) in [5.74, 6) is -2.06. The fraction of sp³-hybridized carbons (Fsp3) is 0.222. The summed E-state index contributed by atoms with van der Waals surface area (Å²) in [4.78, 5) is 10.6. The molecule has 1 atom stereocenters. The van der Waals surface area contributed by atoms with E-state index in [0.29, 0.717) is 0 Å². The van der Waals surface area contributed by atoms with Crippen molar-refractivity contribution in [2.75, 3.05) is 0 Å². The topological polar surface area (TPSA) is 72.6 Å². The smallest absolute Gasteiger partial charge is 0.480 e. The highest BCUT2D eigenvalue weighted by molar-refractivity contribution is 6.32. The molecule has 0 aliphatic rings. The first-order valence-electron chi connectivity index (χ1n) is 4.24. The molecule has 0 saturated carbocycles. The number of alkyl halides is 3. The molecular formula is C9H7ClF3NO3. The lowest BCUT2D eigenvalue weighted by atomic mass is 10.1. The molecule has 0 unspecified atom stereocenters. The summed E-state index contributed by atoms with van der Waals surface area (Å²) in [6.07, 6.45) is -4.91. The molecule has 0 fully saturated rings. The highest BCUT2D eigenvalue weighted by atomic mass is 35.5. The summed E-state index contributed by atoms with van der Waals surface area (Å²) in [5, 5.41) is 8.32. The van der Waals surface area contributed by atoms with Crippen LogP contribution in [0.4, 0.5) is 13.2 Å². The van der Waals surface area contributed by atoms with Crippen molar-refractivity contribution in [1.29, 1.82) is 0 Å². The zero-order valence-electron chi connectivity index (χ0n) is 8.16. The largest absolute Gasteiger partial charge is 0.573 e. The van der Waals surface area contributed by atoms with Crippen molar-refractivity contribution in [3.05, 3.63) is 28.8 Å². The number of halogens is 4. The number of hydrogen-bond acceptors (Lipinski definition) is 3. The van der Waals surface area contributed by atoms with Gasteiger partial charge in [-0.2, -0.15) is 0 Å². The molecular weight excluding hydrogens is 263 g/mol. The Kier molecular flexibility index (Phi) is 3.84. The van der Waals surface area contributed by atoms with E-state index in [-0.39, 0.29) is 10.6 Å². The van der Waals surface area contributed by atoms with Crippen LogP contribution in [0.2, 0.25) is 5.02 Å². The van der Waals surface area contributed by atoms with E-state index in [1.807, 2.05) is 0 Å². The molecule has 1 aromatic rings. The Hall–Kier alpha value is -1.47. The third kappa shape index (κ3) is 3.79. The maximum Gasteiger partial charge on any atom is 0.573 e. The van der Waals surface area contributed by atoms with Crippen molar-refractivity contribution in [1.82, 2.24) is 0 Å². The maximum atomic E-state index is 12.0. The predicted octanol–water partition coefficient (Wildman–Crippen LogP) is 2.32. The van der Waals surface area contributed by atoms with Crippen LogP contribution >= 0.6 is 11.6 Å². The molecule has 0 aromatic heterocycles. The van der Waals surface area contributed by atoms with E-state index in [4.69, 9.17) is 22.4 Å². The van der Waals surface area contributed by atoms with Crippen LogP contribution in [-0.2, 0) is 4.79 Å². The summed E-state index contributed by atoms with van der Waals surface area (Å²) in [6, 6.07) is 1.70. The van der Waals surface area contributed by atoms with Crippen LogP contribution < -0.4 is 10.5 Å². The molecule has 0 aliphatic heterocycles. The average Bonchev–Trinajstić information content (AvgIpc) is 2.18. The first-order chi connectivity index (χ1) is 7.70. The van der Waals surface area contributed by atoms with Gasteiger partial charge in [0.25, 0.3) is 0 Å². The maximum absolute atomic E-state index is 12.0. The lowest BCUT2D eigenvalue weighted by Crippen LogP contribution is -2.21. The summed E-state index contributed by atoms with van der Waals surface area (Å²) >= 11 is 5.47. The lowest BCUT2D eigenvalue weighted by Gasteiger charge is -2.13. The number of nitrogens with two attached hydrogens (primary N) is 1. The molecule has 0 saturated heterocycles. The van der Waals surface area contributed by atoms with E-state index >= 15 is 0 Å². The second-order valence-electron chi connectivity index (χ2n) is 3.05. The molecule has 0 spiro atoms. The number of benzene rings is 1. The van der Waals surface area contributed by atoms with Gasteiger partial charge in [0, 0.05) is 0 Å². The summed E-state index contributed by atoms with van der Waals surface area (Å²) < 4.78 is 39.6. The van der Waals surface area contributed by atoms with Crippen LogP contribution in [0.15, 0.2) is 18.2 Å². The molecule has 0 radical (unpaired) electrons. The minimum atomic E-state index is -4.91. The molecule has 94 valence electrons. The van der Waals surface area contributed by atoms with Gasteiger partial charge in [-0.05, 0) is 17.7 Å². The van der Waals surface area contributed by atoms with Gasteiger partial charge in [0.15, 0.2) is 0 Å². The Morgan fingerprint density at radius 2 is 2.06 bits per heavy atom. The lowest BCUT2D eigenvalue weighted by molar-refractivity contribution is -0.274. The van der Waals surface area contributed by atoms with Crippen LogP contribution in [0.25, 0.3) is 0 Å². The van der Waals surface area contributed by atoms with Crippen molar-refractivity contribution >= 4 is 17.6 Å². The standard InChI is InChI=1S/C9H7ClF3NO3/c10-5-2-1-4(7(14)8(15)16)3-6(5)17-9(11,12)13/h1-3,7H,14H2,(H,15,16)/t7-/m0/s1. The van der Waals surface area contributed by atoms with Gasteiger partial charge in [0.05, 0.1) is 5.02 Å². The van der Waals surface area contributed by atoms with E-state index < -0.39 is 24.1 Å². The molecule has 3 N–H and O–H groups in total. The zero-order valence-corrected chi connectivity index (χ0v) is 8.92. The number of ether oxygens (including phenoxy) is 1. The van der Waals surface area contributed by atoms with Crippen LogP contribution in [0.5, 0.6) is 5.75 Å². The van der Waals surface area contributed by atoms with Crippen molar-refractivity contribution in [2.24, 2.45) is 5.73 Å². The molecule has 1 aromatic carbocycles. The summed E-state index contributed by atoms with van der Waals surface area (Å²) in [7, 11) is 0. The van der Waals surface area contributed by atoms with Crippen molar-refractivity contribution in [3.63, 3.8) is 0 Å². The Labute approximate surface area is 98.7 Å². The van der Waals surface area contributed by atoms with Crippen molar-refractivity contribution in [3.8, 4) is 5.75 Å². The van der Waals surface area contributed by atoms with E-state index in [9.17, 15) is 18.0 Å². The Bertz CT molecular complexity index is 436. The molecule has 0 heterocycles. The molecule has 17 heavy (non-hydrogen) atoms. The number of rotatable bonds is 3. The summed E-state index contributed by atoms with van der Waals surface area (Å²) in [6.45, 7) is 0. The van der Waals surface area contributed by atoms with Gasteiger partial charge in [-0.25, -0.2) is 0 Å². The van der Waals surface area contributed by atoms with Gasteiger partial charge in [-0.3, -0.25) is 4.79 Å². The van der Waals surface area contributed by atoms with Crippen LogP contribution in [-0.4, -0.2) is 17.4 Å². The average molecular weight is 270 g/mol. The second kappa shape index (κ2) is 4.80.